The first-order valence-electron chi connectivity index (χ1n) is 4.58. The molecule has 1 aromatic carbocycles. The van der Waals surface area contributed by atoms with Crippen LogP contribution in [0.2, 0.25) is 0 Å². The number of rotatable bonds is 2. The van der Waals surface area contributed by atoms with Crippen LogP contribution in [0, 0.1) is 22.7 Å². The normalized spacial score (nSPS) is 13.7. The quantitative estimate of drug-likeness (QED) is 0.709. The Bertz CT molecular complexity index is 409. The first-order valence-corrected chi connectivity index (χ1v) is 4.58. The van der Waals surface area contributed by atoms with Crippen LogP contribution < -0.4 is 0 Å². The van der Waals surface area contributed by atoms with Crippen molar-refractivity contribution in [2.45, 2.75) is 25.7 Å². The number of benzene rings is 1. The van der Waals surface area contributed by atoms with Crippen LogP contribution in [0.3, 0.4) is 0 Å². The van der Waals surface area contributed by atoms with Crippen molar-refractivity contribution in [3.8, 4) is 12.1 Å². The minimum atomic E-state index is -0.479. The summed E-state index contributed by atoms with van der Waals surface area (Å²) in [6.45, 7) is 3.87. The summed E-state index contributed by atoms with van der Waals surface area (Å²) in [7, 11) is 0. The van der Waals surface area contributed by atoms with E-state index in [1.165, 1.54) is 0 Å². The lowest BCUT2D eigenvalue weighted by atomic mass is 9.81. The molecular weight excluding hydrogens is 172 g/mol. The largest absolute Gasteiger partial charge is 0.197 e. The number of hydrogen-bond acceptors (Lipinski definition) is 2. The van der Waals surface area contributed by atoms with Gasteiger partial charge in [-0.3, -0.25) is 0 Å². The predicted molar refractivity (Wildman–Crippen MR) is 54.4 cm³/mol. The van der Waals surface area contributed by atoms with Crippen LogP contribution >= 0.6 is 0 Å². The van der Waals surface area contributed by atoms with Crippen LogP contribution in [0.15, 0.2) is 24.3 Å². The van der Waals surface area contributed by atoms with Gasteiger partial charge in [-0.05, 0) is 31.0 Å². The van der Waals surface area contributed by atoms with Crippen LogP contribution in [0.4, 0.5) is 0 Å². The lowest BCUT2D eigenvalue weighted by Crippen LogP contribution is -2.17. The molecule has 0 spiro atoms. The molecule has 70 valence electrons. The summed E-state index contributed by atoms with van der Waals surface area (Å²) < 4.78 is 0. The van der Waals surface area contributed by atoms with Crippen molar-refractivity contribution in [3.63, 3.8) is 0 Å². The minimum Gasteiger partial charge on any atom is -0.197 e. The molecule has 1 unspecified atom stereocenters. The summed E-state index contributed by atoms with van der Waals surface area (Å²) in [6, 6.07) is 11.6. The number of nitriles is 2. The third-order valence-electron chi connectivity index (χ3n) is 2.58. The van der Waals surface area contributed by atoms with E-state index in [0.29, 0.717) is 5.56 Å². The molecule has 0 amide bonds. The van der Waals surface area contributed by atoms with Crippen molar-refractivity contribution < 1.29 is 0 Å². The van der Waals surface area contributed by atoms with E-state index < -0.39 is 5.41 Å². The average molecular weight is 184 g/mol. The fourth-order valence-electron chi connectivity index (χ4n) is 1.28. The Morgan fingerprint density at radius 2 is 2.07 bits per heavy atom. The molecular formula is C12H12N2. The fourth-order valence-corrected chi connectivity index (χ4v) is 1.28. The third-order valence-corrected chi connectivity index (χ3v) is 2.58. The van der Waals surface area contributed by atoms with E-state index in [0.717, 1.165) is 12.0 Å². The van der Waals surface area contributed by atoms with Crippen molar-refractivity contribution in [1.29, 1.82) is 10.5 Å². The second-order valence-corrected chi connectivity index (χ2v) is 3.49. The van der Waals surface area contributed by atoms with Crippen molar-refractivity contribution in [1.82, 2.24) is 0 Å². The van der Waals surface area contributed by atoms with Crippen LogP contribution in [0.1, 0.15) is 31.4 Å². The Kier molecular flexibility index (Phi) is 2.89. The van der Waals surface area contributed by atoms with Gasteiger partial charge in [0.15, 0.2) is 0 Å². The molecule has 0 saturated heterocycles. The molecule has 0 aliphatic rings. The van der Waals surface area contributed by atoms with Crippen molar-refractivity contribution in [2.75, 3.05) is 0 Å². The summed E-state index contributed by atoms with van der Waals surface area (Å²) in [5.74, 6) is 0. The molecule has 0 aromatic heterocycles. The van der Waals surface area contributed by atoms with Crippen LogP contribution in [0.25, 0.3) is 0 Å². The summed E-state index contributed by atoms with van der Waals surface area (Å²) in [6.07, 6.45) is 0.748. The zero-order valence-corrected chi connectivity index (χ0v) is 8.41. The molecule has 0 saturated carbocycles. The third kappa shape index (κ3) is 1.75. The summed E-state index contributed by atoms with van der Waals surface area (Å²) in [5.41, 5.74) is 1.05. The van der Waals surface area contributed by atoms with Crippen molar-refractivity contribution in [3.05, 3.63) is 35.4 Å². The molecule has 0 heterocycles. The van der Waals surface area contributed by atoms with Gasteiger partial charge in [0.05, 0.1) is 23.1 Å². The molecule has 0 aliphatic carbocycles. The number of nitrogens with zero attached hydrogens (tertiary/aromatic N) is 2. The topological polar surface area (TPSA) is 47.6 Å². The Labute approximate surface area is 84.4 Å². The Balaban J connectivity index is 3.21. The molecule has 1 aromatic rings. The molecule has 0 fully saturated rings. The first kappa shape index (κ1) is 10.3. The Morgan fingerprint density at radius 1 is 1.36 bits per heavy atom. The Morgan fingerprint density at radius 3 is 2.57 bits per heavy atom. The lowest BCUT2D eigenvalue weighted by molar-refractivity contribution is 0.587. The second-order valence-electron chi connectivity index (χ2n) is 3.49. The molecule has 0 radical (unpaired) electrons. The van der Waals surface area contributed by atoms with E-state index in [1.54, 1.807) is 12.1 Å². The van der Waals surface area contributed by atoms with Gasteiger partial charge in [0.1, 0.15) is 0 Å². The Hall–Kier alpha value is -1.80. The van der Waals surface area contributed by atoms with E-state index in [-0.39, 0.29) is 0 Å². The summed E-state index contributed by atoms with van der Waals surface area (Å²) in [5, 5.41) is 17.8. The van der Waals surface area contributed by atoms with Crippen LogP contribution in [-0.2, 0) is 5.41 Å². The van der Waals surface area contributed by atoms with Crippen LogP contribution in [0.5, 0.6) is 0 Å². The second kappa shape index (κ2) is 3.94. The zero-order chi connectivity index (χ0) is 10.6. The maximum Gasteiger partial charge on any atom is 0.0991 e. The van der Waals surface area contributed by atoms with E-state index in [9.17, 15) is 0 Å². The zero-order valence-electron chi connectivity index (χ0n) is 8.41. The van der Waals surface area contributed by atoms with Gasteiger partial charge in [0, 0.05) is 0 Å². The SMILES string of the molecule is CCC(C)(C#N)c1cccc(C#N)c1. The molecule has 0 N–H and O–H groups in total. The first-order chi connectivity index (χ1) is 6.66. The predicted octanol–water partition coefficient (Wildman–Crippen LogP) is 2.75. The van der Waals surface area contributed by atoms with Gasteiger partial charge in [-0.1, -0.05) is 19.1 Å². The molecule has 14 heavy (non-hydrogen) atoms. The van der Waals surface area contributed by atoms with Crippen molar-refractivity contribution >= 4 is 0 Å². The van der Waals surface area contributed by atoms with Gasteiger partial charge in [-0.25, -0.2) is 0 Å². The highest BCUT2D eigenvalue weighted by Gasteiger charge is 2.23. The van der Waals surface area contributed by atoms with Crippen LogP contribution in [-0.4, -0.2) is 0 Å². The maximum atomic E-state index is 9.07. The van der Waals surface area contributed by atoms with Crippen molar-refractivity contribution in [2.24, 2.45) is 0 Å². The maximum absolute atomic E-state index is 9.07. The molecule has 2 heteroatoms. The number of hydrogen-bond donors (Lipinski definition) is 0. The molecule has 2 nitrogen and oxygen atoms in total. The molecule has 1 atom stereocenters. The minimum absolute atomic E-state index is 0.479. The highest BCUT2D eigenvalue weighted by Crippen LogP contribution is 2.26. The summed E-state index contributed by atoms with van der Waals surface area (Å²) >= 11 is 0. The van der Waals surface area contributed by atoms with Gasteiger partial charge in [-0.2, -0.15) is 10.5 Å². The molecule has 0 bridgehead atoms. The van der Waals surface area contributed by atoms with E-state index >= 15 is 0 Å². The highest BCUT2D eigenvalue weighted by molar-refractivity contribution is 5.39. The smallest absolute Gasteiger partial charge is 0.0991 e. The average Bonchev–Trinajstić information content (AvgIpc) is 2.28. The van der Waals surface area contributed by atoms with Gasteiger partial charge >= 0.3 is 0 Å². The standard InChI is InChI=1S/C12H12N2/c1-3-12(2,9-14)11-6-4-5-10(7-11)8-13/h4-7H,3H2,1-2H3. The lowest BCUT2D eigenvalue weighted by Gasteiger charge is -2.19. The van der Waals surface area contributed by atoms with E-state index in [4.69, 9.17) is 10.5 Å². The molecule has 0 aliphatic heterocycles. The van der Waals surface area contributed by atoms with Gasteiger partial charge in [-0.15, -0.1) is 0 Å². The summed E-state index contributed by atoms with van der Waals surface area (Å²) in [4.78, 5) is 0. The fraction of sp³-hybridized carbons (Fsp3) is 0.333. The van der Waals surface area contributed by atoms with Gasteiger partial charge in [0.25, 0.3) is 0 Å². The van der Waals surface area contributed by atoms with E-state index in [1.807, 2.05) is 26.0 Å². The monoisotopic (exact) mass is 184 g/mol. The highest BCUT2D eigenvalue weighted by atomic mass is 14.3. The van der Waals surface area contributed by atoms with Gasteiger partial charge in [0.2, 0.25) is 0 Å². The molecule has 1 rings (SSSR count). The van der Waals surface area contributed by atoms with E-state index in [2.05, 4.69) is 12.1 Å². The van der Waals surface area contributed by atoms with Gasteiger partial charge < -0.3 is 0 Å².